The number of rotatable bonds is 5. The average Bonchev–Trinajstić information content (AvgIpc) is 3.29. The van der Waals surface area contributed by atoms with Crippen molar-refractivity contribution in [3.8, 4) is 0 Å². The second kappa shape index (κ2) is 6.05. The molecule has 25 heavy (non-hydrogen) atoms. The van der Waals surface area contributed by atoms with E-state index in [1.807, 2.05) is 18.5 Å². The summed E-state index contributed by atoms with van der Waals surface area (Å²) < 4.78 is 1.94. The van der Waals surface area contributed by atoms with E-state index in [2.05, 4.69) is 25.7 Å². The van der Waals surface area contributed by atoms with E-state index in [0.29, 0.717) is 19.1 Å². The maximum Gasteiger partial charge on any atom is 0.325 e. The van der Waals surface area contributed by atoms with Gasteiger partial charge in [0.15, 0.2) is 5.82 Å². The Bertz CT molecular complexity index is 686. The number of amides is 3. The molecule has 0 aromatic carbocycles. The fraction of sp³-hybridized carbons (Fsp3) is 0.812. The van der Waals surface area contributed by atoms with E-state index < -0.39 is 5.54 Å². The van der Waals surface area contributed by atoms with Gasteiger partial charge in [0.2, 0.25) is 0 Å². The lowest BCUT2D eigenvalue weighted by Gasteiger charge is -2.39. The lowest BCUT2D eigenvalue weighted by atomic mass is 9.80. The second-order valence-corrected chi connectivity index (χ2v) is 7.53. The highest BCUT2D eigenvalue weighted by Crippen LogP contribution is 2.35. The minimum Gasteiger partial charge on any atom is -0.323 e. The van der Waals surface area contributed by atoms with E-state index in [1.54, 1.807) is 0 Å². The zero-order valence-electron chi connectivity index (χ0n) is 14.8. The number of likely N-dealkylation sites (tertiary alicyclic amines) is 1. The van der Waals surface area contributed by atoms with Gasteiger partial charge in [0.25, 0.3) is 5.91 Å². The van der Waals surface area contributed by atoms with Crippen LogP contribution in [0, 0.1) is 5.92 Å². The normalized spacial score (nSPS) is 30.8. The van der Waals surface area contributed by atoms with Crippen molar-refractivity contribution in [1.82, 2.24) is 35.3 Å². The Morgan fingerprint density at radius 2 is 2.08 bits per heavy atom. The number of hydrogen-bond acceptors (Lipinski definition) is 6. The summed E-state index contributed by atoms with van der Waals surface area (Å²) in [7, 11) is 0. The van der Waals surface area contributed by atoms with E-state index in [9.17, 15) is 9.59 Å². The number of likely N-dealkylation sites (N-methyl/N-ethyl adjacent to an activating group) is 1. The van der Waals surface area contributed by atoms with Crippen LogP contribution in [0.5, 0.6) is 0 Å². The Morgan fingerprint density at radius 3 is 2.76 bits per heavy atom. The fourth-order valence-corrected chi connectivity index (χ4v) is 4.07. The molecule has 0 spiro atoms. The lowest BCUT2D eigenvalue weighted by molar-refractivity contribution is -0.133. The number of tetrazole rings is 1. The summed E-state index contributed by atoms with van der Waals surface area (Å²) in [6, 6.07) is 0.182. The van der Waals surface area contributed by atoms with E-state index in [-0.39, 0.29) is 17.9 Å². The molecular weight excluding hydrogens is 322 g/mol. The zero-order chi connectivity index (χ0) is 17.6. The minimum atomic E-state index is -0.811. The first-order chi connectivity index (χ1) is 12.0. The standard InChI is InChI=1S/C16H25N7O2/c1-3-22-14(24)16(2,17-15(22)25)11-5-4-8-21(9-11)10-13-18-19-20-23(13)12-6-7-12/h11-12H,3-10H2,1-2H3,(H,17,25)/t11-,16-/m1/s1. The topological polar surface area (TPSA) is 96.2 Å². The average molecular weight is 347 g/mol. The van der Waals surface area contributed by atoms with Gasteiger partial charge >= 0.3 is 6.03 Å². The summed E-state index contributed by atoms with van der Waals surface area (Å²) >= 11 is 0. The van der Waals surface area contributed by atoms with Crippen LogP contribution in [0.1, 0.15) is 51.4 Å². The number of piperidine rings is 1. The minimum absolute atomic E-state index is 0.0968. The molecule has 0 unspecified atom stereocenters. The van der Waals surface area contributed by atoms with Gasteiger partial charge in [-0.25, -0.2) is 9.48 Å². The number of carbonyl (C=O) groups is 2. The molecule has 4 rings (SSSR count). The van der Waals surface area contributed by atoms with Crippen LogP contribution in [0.25, 0.3) is 0 Å². The van der Waals surface area contributed by atoms with Crippen LogP contribution in [-0.2, 0) is 11.3 Å². The van der Waals surface area contributed by atoms with Gasteiger partial charge in [0, 0.05) is 19.0 Å². The molecule has 1 N–H and O–H groups in total. The Morgan fingerprint density at radius 1 is 1.28 bits per heavy atom. The molecule has 9 nitrogen and oxygen atoms in total. The molecule has 9 heteroatoms. The molecular formula is C16H25N7O2. The van der Waals surface area contributed by atoms with Crippen molar-refractivity contribution >= 4 is 11.9 Å². The van der Waals surface area contributed by atoms with Gasteiger partial charge in [-0.05, 0) is 56.5 Å². The molecule has 0 radical (unpaired) electrons. The van der Waals surface area contributed by atoms with Crippen molar-refractivity contribution in [3.05, 3.63) is 5.82 Å². The Hall–Kier alpha value is -2.03. The van der Waals surface area contributed by atoms with Crippen LogP contribution in [0.4, 0.5) is 4.79 Å². The van der Waals surface area contributed by atoms with E-state index in [1.165, 1.54) is 4.90 Å². The van der Waals surface area contributed by atoms with Gasteiger partial charge in [-0.1, -0.05) is 0 Å². The van der Waals surface area contributed by atoms with Gasteiger partial charge < -0.3 is 5.32 Å². The van der Waals surface area contributed by atoms with Gasteiger partial charge in [-0.2, -0.15) is 0 Å². The maximum atomic E-state index is 12.7. The van der Waals surface area contributed by atoms with Gasteiger partial charge in [0.1, 0.15) is 5.54 Å². The number of carbonyl (C=O) groups excluding carboxylic acids is 2. The molecule has 3 heterocycles. The molecule has 2 saturated heterocycles. The number of imide groups is 1. The predicted octanol–water partition coefficient (Wildman–Crippen LogP) is 0.550. The second-order valence-electron chi connectivity index (χ2n) is 7.53. The number of nitrogens with one attached hydrogen (secondary N) is 1. The van der Waals surface area contributed by atoms with Crippen LogP contribution >= 0.6 is 0 Å². The summed E-state index contributed by atoms with van der Waals surface area (Å²) in [5, 5.41) is 15.0. The van der Waals surface area contributed by atoms with Gasteiger partial charge in [-0.3, -0.25) is 14.6 Å². The first-order valence-electron chi connectivity index (χ1n) is 9.16. The van der Waals surface area contributed by atoms with Crippen LogP contribution in [0.15, 0.2) is 0 Å². The van der Waals surface area contributed by atoms with Crippen LogP contribution in [0.3, 0.4) is 0 Å². The van der Waals surface area contributed by atoms with Crippen molar-refractivity contribution < 1.29 is 9.59 Å². The molecule has 1 saturated carbocycles. The Kier molecular flexibility index (Phi) is 3.98. The zero-order valence-corrected chi connectivity index (χ0v) is 14.8. The van der Waals surface area contributed by atoms with Crippen LogP contribution in [0.2, 0.25) is 0 Å². The molecule has 1 aliphatic carbocycles. The number of aromatic nitrogens is 4. The molecule has 1 aromatic rings. The molecule has 136 valence electrons. The van der Waals surface area contributed by atoms with Gasteiger partial charge in [-0.15, -0.1) is 5.10 Å². The highest BCUT2D eigenvalue weighted by Gasteiger charge is 2.52. The summed E-state index contributed by atoms with van der Waals surface area (Å²) in [4.78, 5) is 28.4. The molecule has 0 bridgehead atoms. The van der Waals surface area contributed by atoms with E-state index >= 15 is 0 Å². The van der Waals surface area contributed by atoms with Crippen molar-refractivity contribution in [2.75, 3.05) is 19.6 Å². The maximum absolute atomic E-state index is 12.7. The first kappa shape index (κ1) is 16.4. The summed E-state index contributed by atoms with van der Waals surface area (Å²) in [5.74, 6) is 0.888. The molecule has 3 amide bonds. The summed E-state index contributed by atoms with van der Waals surface area (Å²) in [6.45, 7) is 6.52. The first-order valence-corrected chi connectivity index (χ1v) is 9.16. The molecule has 1 aromatic heterocycles. The summed E-state index contributed by atoms with van der Waals surface area (Å²) in [6.07, 6.45) is 4.23. The van der Waals surface area contributed by atoms with Crippen LogP contribution < -0.4 is 5.32 Å². The van der Waals surface area contributed by atoms with Crippen molar-refractivity contribution in [2.45, 2.75) is 57.7 Å². The highest BCUT2D eigenvalue weighted by molar-refractivity contribution is 6.07. The highest BCUT2D eigenvalue weighted by atomic mass is 16.2. The van der Waals surface area contributed by atoms with Crippen molar-refractivity contribution in [2.24, 2.45) is 5.92 Å². The van der Waals surface area contributed by atoms with E-state index in [4.69, 9.17) is 0 Å². The lowest BCUT2D eigenvalue weighted by Crippen LogP contribution is -2.55. The smallest absolute Gasteiger partial charge is 0.323 e. The number of nitrogens with zero attached hydrogens (tertiary/aromatic N) is 6. The third-order valence-electron chi connectivity index (χ3n) is 5.76. The molecule has 3 fully saturated rings. The van der Waals surface area contributed by atoms with Crippen LogP contribution in [-0.4, -0.2) is 67.1 Å². The van der Waals surface area contributed by atoms with E-state index in [0.717, 1.165) is 44.6 Å². The third kappa shape index (κ3) is 2.80. The monoisotopic (exact) mass is 347 g/mol. The van der Waals surface area contributed by atoms with Crippen molar-refractivity contribution in [1.29, 1.82) is 0 Å². The molecule has 3 aliphatic rings. The Balaban J connectivity index is 1.46. The number of urea groups is 1. The summed E-state index contributed by atoms with van der Waals surface area (Å²) in [5.41, 5.74) is -0.811. The van der Waals surface area contributed by atoms with Crippen molar-refractivity contribution in [3.63, 3.8) is 0 Å². The third-order valence-corrected chi connectivity index (χ3v) is 5.76. The number of hydrogen-bond donors (Lipinski definition) is 1. The SMILES string of the molecule is CCN1C(=O)N[C@](C)([C@@H]2CCCN(Cc3nnnn3C3CC3)C2)C1=O. The van der Waals surface area contributed by atoms with Gasteiger partial charge in [0.05, 0.1) is 12.6 Å². The quantitative estimate of drug-likeness (QED) is 0.782. The predicted molar refractivity (Wildman–Crippen MR) is 88.4 cm³/mol. The molecule has 2 atom stereocenters. The molecule has 2 aliphatic heterocycles. The largest absolute Gasteiger partial charge is 0.325 e. The fourth-order valence-electron chi connectivity index (χ4n) is 4.07. The Labute approximate surface area is 146 Å².